The molecule has 0 unspecified atom stereocenters. The number of likely N-dealkylation sites (N-methyl/N-ethyl adjacent to an activating group) is 1. The van der Waals surface area contributed by atoms with Crippen LogP contribution in [0.2, 0.25) is 0 Å². The van der Waals surface area contributed by atoms with Crippen LogP contribution in [0.4, 0.5) is 10.1 Å². The van der Waals surface area contributed by atoms with Crippen molar-refractivity contribution in [1.29, 1.82) is 0 Å². The van der Waals surface area contributed by atoms with E-state index in [1.165, 1.54) is 23.5 Å². The first-order valence-electron chi connectivity index (χ1n) is 5.95. The van der Waals surface area contributed by atoms with Gasteiger partial charge in [-0.2, -0.15) is 0 Å². The lowest BCUT2D eigenvalue weighted by Crippen LogP contribution is -2.29. The molecule has 0 saturated heterocycles. The Morgan fingerprint density at radius 1 is 1.30 bits per heavy atom. The third-order valence-corrected chi connectivity index (χ3v) is 5.81. The zero-order valence-corrected chi connectivity index (χ0v) is 12.5. The quantitative estimate of drug-likeness (QED) is 0.862. The van der Waals surface area contributed by atoms with Gasteiger partial charge in [0.2, 0.25) is 10.0 Å². The van der Waals surface area contributed by atoms with Gasteiger partial charge in [0, 0.05) is 18.5 Å². The summed E-state index contributed by atoms with van der Waals surface area (Å²) in [7, 11) is -2.31. The lowest BCUT2D eigenvalue weighted by Gasteiger charge is -2.18. The van der Waals surface area contributed by atoms with E-state index in [2.05, 4.69) is 0 Å². The van der Waals surface area contributed by atoms with Gasteiger partial charge >= 0.3 is 0 Å². The number of halogens is 1. The third-order valence-electron chi connectivity index (χ3n) is 2.95. The summed E-state index contributed by atoms with van der Waals surface area (Å²) in [5.41, 5.74) is 5.18. The van der Waals surface area contributed by atoms with Crippen LogP contribution in [0.25, 0.3) is 0 Å². The highest BCUT2D eigenvalue weighted by atomic mass is 32.2. The fraction of sp³-hybridized carbons (Fsp3) is 0.231. The Kier molecular flexibility index (Phi) is 4.42. The van der Waals surface area contributed by atoms with Crippen LogP contribution in [-0.2, 0) is 16.4 Å². The Labute approximate surface area is 121 Å². The summed E-state index contributed by atoms with van der Waals surface area (Å²) < 4.78 is 39.3. The summed E-state index contributed by atoms with van der Waals surface area (Å²) in [4.78, 5) is 0.908. The average molecular weight is 314 g/mol. The Balaban J connectivity index is 2.19. The number of hydrogen-bond acceptors (Lipinski definition) is 4. The predicted octanol–water partition coefficient (Wildman–Crippen LogP) is 2.33. The van der Waals surface area contributed by atoms with Crippen LogP contribution < -0.4 is 5.73 Å². The number of anilines is 1. The summed E-state index contributed by atoms with van der Waals surface area (Å²) in [5.74, 6) is -0.724. The van der Waals surface area contributed by atoms with E-state index in [9.17, 15) is 12.8 Å². The SMILES string of the molecule is CN(CCc1cccs1)S(=O)(=O)c1cccc(F)c1N. The fourth-order valence-electron chi connectivity index (χ4n) is 1.75. The number of nitrogens with two attached hydrogens (primary N) is 1. The van der Waals surface area contributed by atoms with Crippen LogP contribution in [0.1, 0.15) is 4.88 Å². The molecular weight excluding hydrogens is 299 g/mol. The molecule has 7 heteroatoms. The number of rotatable bonds is 5. The predicted molar refractivity (Wildman–Crippen MR) is 78.7 cm³/mol. The number of thiophene rings is 1. The maximum atomic E-state index is 13.4. The number of hydrogen-bond donors (Lipinski definition) is 1. The zero-order valence-electron chi connectivity index (χ0n) is 10.9. The largest absolute Gasteiger partial charge is 0.395 e. The molecule has 0 aliphatic rings. The van der Waals surface area contributed by atoms with E-state index in [-0.39, 0.29) is 10.6 Å². The number of sulfonamides is 1. The zero-order chi connectivity index (χ0) is 14.8. The van der Waals surface area contributed by atoms with E-state index in [4.69, 9.17) is 5.73 Å². The molecule has 0 amide bonds. The second-order valence-electron chi connectivity index (χ2n) is 4.31. The molecule has 4 nitrogen and oxygen atoms in total. The minimum absolute atomic E-state index is 0.189. The van der Waals surface area contributed by atoms with Crippen LogP contribution in [0, 0.1) is 5.82 Å². The molecule has 1 aromatic carbocycles. The molecule has 2 N–H and O–H groups in total. The van der Waals surface area contributed by atoms with Crippen LogP contribution in [0.15, 0.2) is 40.6 Å². The van der Waals surface area contributed by atoms with Crippen molar-refractivity contribution in [3.8, 4) is 0 Å². The number of nitrogens with zero attached hydrogens (tertiary/aromatic N) is 1. The average Bonchev–Trinajstić information content (AvgIpc) is 2.92. The van der Waals surface area contributed by atoms with E-state index >= 15 is 0 Å². The lowest BCUT2D eigenvalue weighted by molar-refractivity contribution is 0.473. The standard InChI is InChI=1S/C13H15FN2O2S2/c1-16(8-7-10-4-3-9-19-10)20(17,18)12-6-2-5-11(14)13(12)15/h2-6,9H,7-8,15H2,1H3. The van der Waals surface area contributed by atoms with E-state index < -0.39 is 15.8 Å². The highest BCUT2D eigenvalue weighted by molar-refractivity contribution is 7.89. The Morgan fingerprint density at radius 3 is 2.70 bits per heavy atom. The molecule has 0 aliphatic carbocycles. The molecule has 2 rings (SSSR count). The molecule has 2 aromatic rings. The molecule has 0 saturated carbocycles. The Hall–Kier alpha value is -1.44. The van der Waals surface area contributed by atoms with Crippen molar-refractivity contribution >= 4 is 27.0 Å². The Bertz CT molecular complexity index is 684. The van der Waals surface area contributed by atoms with Gasteiger partial charge in [-0.05, 0) is 30.0 Å². The molecule has 20 heavy (non-hydrogen) atoms. The Morgan fingerprint density at radius 2 is 2.05 bits per heavy atom. The van der Waals surface area contributed by atoms with E-state index in [1.54, 1.807) is 11.3 Å². The second kappa shape index (κ2) is 5.90. The normalized spacial score (nSPS) is 11.9. The highest BCUT2D eigenvalue weighted by Gasteiger charge is 2.24. The molecule has 1 aromatic heterocycles. The summed E-state index contributed by atoms with van der Waals surface area (Å²) in [6, 6.07) is 7.65. The van der Waals surface area contributed by atoms with E-state index in [0.29, 0.717) is 13.0 Å². The van der Waals surface area contributed by atoms with Crippen molar-refractivity contribution in [2.75, 3.05) is 19.3 Å². The summed E-state index contributed by atoms with van der Waals surface area (Å²) in [6.45, 7) is 0.318. The molecule has 0 aliphatic heterocycles. The molecule has 0 radical (unpaired) electrons. The molecule has 0 fully saturated rings. The van der Waals surface area contributed by atoms with Gasteiger partial charge < -0.3 is 5.73 Å². The van der Waals surface area contributed by atoms with Crippen molar-refractivity contribution < 1.29 is 12.8 Å². The summed E-state index contributed by atoms with van der Waals surface area (Å²) in [6.07, 6.45) is 0.614. The van der Waals surface area contributed by atoms with Crippen molar-refractivity contribution in [2.24, 2.45) is 0 Å². The van der Waals surface area contributed by atoms with Crippen molar-refractivity contribution in [3.05, 3.63) is 46.4 Å². The molecular formula is C13H15FN2O2S2. The van der Waals surface area contributed by atoms with Crippen LogP contribution in [-0.4, -0.2) is 26.3 Å². The van der Waals surface area contributed by atoms with Gasteiger partial charge in [-0.15, -0.1) is 11.3 Å². The monoisotopic (exact) mass is 314 g/mol. The maximum absolute atomic E-state index is 13.4. The van der Waals surface area contributed by atoms with Crippen molar-refractivity contribution in [1.82, 2.24) is 4.31 Å². The first-order valence-corrected chi connectivity index (χ1v) is 8.27. The van der Waals surface area contributed by atoms with E-state index in [1.807, 2.05) is 17.5 Å². The molecule has 0 spiro atoms. The van der Waals surface area contributed by atoms with Gasteiger partial charge in [0.1, 0.15) is 10.7 Å². The topological polar surface area (TPSA) is 63.4 Å². The van der Waals surface area contributed by atoms with Gasteiger partial charge in [-0.25, -0.2) is 17.1 Å². The summed E-state index contributed by atoms with van der Waals surface area (Å²) >= 11 is 1.57. The minimum Gasteiger partial charge on any atom is -0.395 e. The third kappa shape index (κ3) is 3.00. The smallest absolute Gasteiger partial charge is 0.244 e. The minimum atomic E-state index is -3.77. The second-order valence-corrected chi connectivity index (χ2v) is 7.35. The number of nitrogen functional groups attached to an aromatic ring is 1. The number of para-hydroxylation sites is 1. The van der Waals surface area contributed by atoms with Gasteiger partial charge in [-0.1, -0.05) is 12.1 Å². The van der Waals surface area contributed by atoms with Gasteiger partial charge in [-0.3, -0.25) is 0 Å². The van der Waals surface area contributed by atoms with Gasteiger partial charge in [0.05, 0.1) is 5.69 Å². The maximum Gasteiger partial charge on any atom is 0.244 e. The molecule has 0 bridgehead atoms. The van der Waals surface area contributed by atoms with Gasteiger partial charge in [0.15, 0.2) is 0 Å². The van der Waals surface area contributed by atoms with Gasteiger partial charge in [0.25, 0.3) is 0 Å². The van der Waals surface area contributed by atoms with Crippen molar-refractivity contribution in [3.63, 3.8) is 0 Å². The van der Waals surface area contributed by atoms with Crippen LogP contribution in [0.5, 0.6) is 0 Å². The van der Waals surface area contributed by atoms with Crippen molar-refractivity contribution in [2.45, 2.75) is 11.3 Å². The van der Waals surface area contributed by atoms with E-state index in [0.717, 1.165) is 10.9 Å². The van der Waals surface area contributed by atoms with Crippen LogP contribution in [0.3, 0.4) is 0 Å². The lowest BCUT2D eigenvalue weighted by atomic mass is 10.3. The molecule has 108 valence electrons. The summed E-state index contributed by atoms with van der Waals surface area (Å²) in [5, 5.41) is 1.94. The first kappa shape index (κ1) is 15.0. The first-order chi connectivity index (χ1) is 9.43. The van der Waals surface area contributed by atoms with Crippen LogP contribution >= 0.6 is 11.3 Å². The highest BCUT2D eigenvalue weighted by Crippen LogP contribution is 2.24. The fourth-order valence-corrected chi connectivity index (χ4v) is 3.74. The molecule has 0 atom stereocenters. The molecule has 1 heterocycles. The number of benzene rings is 1.